The molecule has 154 valence electrons. The van der Waals surface area contributed by atoms with E-state index in [4.69, 9.17) is 11.6 Å². The van der Waals surface area contributed by atoms with Gasteiger partial charge in [0.25, 0.3) is 5.91 Å². The summed E-state index contributed by atoms with van der Waals surface area (Å²) in [6, 6.07) is 24.0. The van der Waals surface area contributed by atoms with Crippen molar-refractivity contribution in [1.82, 2.24) is 4.90 Å². The van der Waals surface area contributed by atoms with Crippen molar-refractivity contribution in [2.75, 3.05) is 35.8 Å². The molecule has 0 unspecified atom stereocenters. The van der Waals surface area contributed by atoms with E-state index in [0.717, 1.165) is 47.9 Å². The molecule has 1 aliphatic heterocycles. The van der Waals surface area contributed by atoms with Crippen LogP contribution in [-0.4, -0.2) is 37.0 Å². The van der Waals surface area contributed by atoms with Crippen LogP contribution in [0.4, 0.5) is 11.4 Å². The van der Waals surface area contributed by atoms with E-state index >= 15 is 0 Å². The van der Waals surface area contributed by atoms with Crippen molar-refractivity contribution >= 4 is 40.8 Å². The number of piperazine rings is 1. The molecule has 3 aromatic carbocycles. The smallest absolute Gasteiger partial charge is 0.254 e. The quantitative estimate of drug-likeness (QED) is 0.517. The first-order chi connectivity index (χ1) is 14.6. The lowest BCUT2D eigenvalue weighted by molar-refractivity contribution is 0.0746. The fourth-order valence-electron chi connectivity index (χ4n) is 3.51. The number of anilines is 2. The number of aryl methyl sites for hydroxylation is 1. The van der Waals surface area contributed by atoms with Crippen molar-refractivity contribution in [3.63, 3.8) is 0 Å². The van der Waals surface area contributed by atoms with E-state index in [1.165, 1.54) is 17.6 Å². The van der Waals surface area contributed by atoms with Crippen LogP contribution in [0.15, 0.2) is 77.7 Å². The molecule has 0 saturated carbocycles. The van der Waals surface area contributed by atoms with Gasteiger partial charge < -0.3 is 14.5 Å². The first-order valence-electron chi connectivity index (χ1n) is 9.98. The van der Waals surface area contributed by atoms with Crippen LogP contribution in [0.25, 0.3) is 0 Å². The largest absolute Gasteiger partial charge is 0.368 e. The number of hydrogen-bond acceptors (Lipinski definition) is 4. The summed E-state index contributed by atoms with van der Waals surface area (Å²) < 4.78 is 3.30. The van der Waals surface area contributed by atoms with E-state index in [0.29, 0.717) is 5.02 Å². The van der Waals surface area contributed by atoms with Gasteiger partial charge in [0, 0.05) is 53.0 Å². The van der Waals surface area contributed by atoms with E-state index in [9.17, 15) is 4.79 Å². The zero-order valence-corrected chi connectivity index (χ0v) is 18.4. The molecule has 0 radical (unpaired) electrons. The van der Waals surface area contributed by atoms with E-state index in [2.05, 4.69) is 33.9 Å². The molecular weight excluding hydrogens is 414 g/mol. The van der Waals surface area contributed by atoms with Gasteiger partial charge in [0.1, 0.15) is 0 Å². The SMILES string of the molecule is Cc1ccc(SNc2ccc(Cl)cc2)cc1C(=O)N1CCN(c2ccccc2)CC1. The normalized spacial score (nSPS) is 13.9. The van der Waals surface area contributed by atoms with Crippen LogP contribution in [0.2, 0.25) is 5.02 Å². The molecule has 4 nitrogen and oxygen atoms in total. The number of carbonyl (C=O) groups excluding carboxylic acids is 1. The Bertz CT molecular complexity index is 1000. The molecule has 1 fully saturated rings. The van der Waals surface area contributed by atoms with Crippen molar-refractivity contribution in [3.05, 3.63) is 88.9 Å². The molecule has 0 spiro atoms. The lowest BCUT2D eigenvalue weighted by Gasteiger charge is -2.36. The second-order valence-electron chi connectivity index (χ2n) is 7.30. The van der Waals surface area contributed by atoms with E-state index in [-0.39, 0.29) is 5.91 Å². The molecule has 4 rings (SSSR count). The number of para-hydroxylation sites is 1. The van der Waals surface area contributed by atoms with E-state index in [1.807, 2.05) is 60.4 Å². The zero-order chi connectivity index (χ0) is 20.9. The van der Waals surface area contributed by atoms with Crippen LogP contribution in [-0.2, 0) is 0 Å². The first-order valence-corrected chi connectivity index (χ1v) is 11.2. The maximum atomic E-state index is 13.2. The molecule has 0 aliphatic carbocycles. The molecule has 1 heterocycles. The predicted octanol–water partition coefficient (Wildman–Crippen LogP) is 5.73. The van der Waals surface area contributed by atoms with Gasteiger partial charge in [-0.15, -0.1) is 0 Å². The van der Waals surface area contributed by atoms with E-state index < -0.39 is 0 Å². The minimum atomic E-state index is 0.106. The minimum Gasteiger partial charge on any atom is -0.368 e. The molecule has 1 N–H and O–H groups in total. The summed E-state index contributed by atoms with van der Waals surface area (Å²) in [7, 11) is 0. The van der Waals surface area contributed by atoms with Gasteiger partial charge >= 0.3 is 0 Å². The Kier molecular flexibility index (Phi) is 6.50. The van der Waals surface area contributed by atoms with Crippen molar-refractivity contribution in [2.24, 2.45) is 0 Å². The number of halogens is 1. The average molecular weight is 438 g/mol. The highest BCUT2D eigenvalue weighted by molar-refractivity contribution is 8.00. The summed E-state index contributed by atoms with van der Waals surface area (Å²) in [5, 5.41) is 0.709. The Balaban J connectivity index is 1.40. The summed E-state index contributed by atoms with van der Waals surface area (Å²) in [6.07, 6.45) is 0. The number of nitrogens with zero attached hydrogens (tertiary/aromatic N) is 2. The number of carbonyl (C=O) groups is 1. The lowest BCUT2D eigenvalue weighted by Crippen LogP contribution is -2.48. The summed E-state index contributed by atoms with van der Waals surface area (Å²) in [6.45, 7) is 5.15. The van der Waals surface area contributed by atoms with Crippen molar-refractivity contribution < 1.29 is 4.79 Å². The minimum absolute atomic E-state index is 0.106. The summed E-state index contributed by atoms with van der Waals surface area (Å²) in [5.74, 6) is 0.106. The van der Waals surface area contributed by atoms with Gasteiger partial charge in [0.05, 0.1) is 0 Å². The molecule has 0 aromatic heterocycles. The molecule has 1 aliphatic rings. The van der Waals surface area contributed by atoms with Crippen molar-refractivity contribution in [1.29, 1.82) is 0 Å². The molecule has 1 saturated heterocycles. The second kappa shape index (κ2) is 9.45. The van der Waals surface area contributed by atoms with Gasteiger partial charge in [-0.1, -0.05) is 35.9 Å². The van der Waals surface area contributed by atoms with Crippen LogP contribution in [0.5, 0.6) is 0 Å². The zero-order valence-electron chi connectivity index (χ0n) is 16.8. The van der Waals surface area contributed by atoms with Crippen LogP contribution in [0, 0.1) is 6.92 Å². The third-order valence-electron chi connectivity index (χ3n) is 5.26. The fraction of sp³-hybridized carbons (Fsp3) is 0.208. The Morgan fingerprint density at radius 1 is 0.933 bits per heavy atom. The second-order valence-corrected chi connectivity index (χ2v) is 8.62. The summed E-state index contributed by atoms with van der Waals surface area (Å²) in [5.41, 5.74) is 3.95. The van der Waals surface area contributed by atoms with Crippen LogP contribution in [0.3, 0.4) is 0 Å². The summed E-state index contributed by atoms with van der Waals surface area (Å²) in [4.78, 5) is 18.5. The highest BCUT2D eigenvalue weighted by Gasteiger charge is 2.23. The maximum Gasteiger partial charge on any atom is 0.254 e. The molecule has 1 amide bonds. The predicted molar refractivity (Wildman–Crippen MR) is 127 cm³/mol. The fourth-order valence-corrected chi connectivity index (χ4v) is 4.32. The van der Waals surface area contributed by atoms with Gasteiger partial charge in [0.2, 0.25) is 0 Å². The average Bonchev–Trinajstić information content (AvgIpc) is 2.80. The highest BCUT2D eigenvalue weighted by Crippen LogP contribution is 2.26. The molecular formula is C24H24ClN3OS. The van der Waals surface area contributed by atoms with Crippen LogP contribution < -0.4 is 9.62 Å². The standard InChI is InChI=1S/C24H24ClN3OS/c1-18-7-12-22(30-26-20-10-8-19(25)9-11-20)17-23(18)24(29)28-15-13-27(14-16-28)21-5-3-2-4-6-21/h2-12,17,26H,13-16H2,1H3. The Morgan fingerprint density at radius 3 is 2.33 bits per heavy atom. The molecule has 0 bridgehead atoms. The third-order valence-corrected chi connectivity index (χ3v) is 6.34. The van der Waals surface area contributed by atoms with Gasteiger partial charge in [-0.25, -0.2) is 0 Å². The van der Waals surface area contributed by atoms with Gasteiger partial charge in [0.15, 0.2) is 0 Å². The maximum absolute atomic E-state index is 13.2. The Morgan fingerprint density at radius 2 is 1.63 bits per heavy atom. The van der Waals surface area contributed by atoms with Gasteiger partial charge in [-0.3, -0.25) is 4.79 Å². The van der Waals surface area contributed by atoms with E-state index in [1.54, 1.807) is 0 Å². The summed E-state index contributed by atoms with van der Waals surface area (Å²) >= 11 is 7.43. The molecule has 3 aromatic rings. The number of nitrogens with one attached hydrogen (secondary N) is 1. The molecule has 6 heteroatoms. The van der Waals surface area contributed by atoms with Crippen molar-refractivity contribution in [2.45, 2.75) is 11.8 Å². The highest BCUT2D eigenvalue weighted by atomic mass is 35.5. The van der Waals surface area contributed by atoms with Crippen molar-refractivity contribution in [3.8, 4) is 0 Å². The third kappa shape index (κ3) is 4.91. The number of benzene rings is 3. The molecule has 30 heavy (non-hydrogen) atoms. The number of amides is 1. The monoisotopic (exact) mass is 437 g/mol. The van der Waals surface area contributed by atoms with Gasteiger partial charge in [-0.05, 0) is 73.0 Å². The number of rotatable bonds is 5. The molecule has 0 atom stereocenters. The lowest BCUT2D eigenvalue weighted by atomic mass is 10.1. The Hall–Kier alpha value is -2.63. The number of hydrogen-bond donors (Lipinski definition) is 1. The topological polar surface area (TPSA) is 35.6 Å². The van der Waals surface area contributed by atoms with Gasteiger partial charge in [-0.2, -0.15) is 0 Å². The van der Waals surface area contributed by atoms with Crippen LogP contribution >= 0.6 is 23.5 Å². The first kappa shape index (κ1) is 20.6. The Labute approximate surface area is 187 Å². The van der Waals surface area contributed by atoms with Crippen LogP contribution in [0.1, 0.15) is 15.9 Å².